The lowest BCUT2D eigenvalue weighted by Crippen LogP contribution is -2.42. The maximum atomic E-state index is 11.6. The lowest BCUT2D eigenvalue weighted by atomic mass is 10.3. The van der Waals surface area contributed by atoms with Crippen LogP contribution < -0.4 is 10.0 Å². The number of hydrogen-bond acceptors (Lipinski definition) is 5. The SMILES string of the molecule is CCCS(=O)(=O)NC(C)C(=O)Nc1ncn[nH]1. The molecule has 0 aromatic carbocycles. The van der Waals surface area contributed by atoms with Crippen molar-refractivity contribution < 1.29 is 13.2 Å². The summed E-state index contributed by atoms with van der Waals surface area (Å²) in [6.07, 6.45) is 1.73. The third-order valence-electron chi connectivity index (χ3n) is 1.88. The molecule has 0 spiro atoms. The summed E-state index contributed by atoms with van der Waals surface area (Å²) in [5.74, 6) is -0.328. The van der Waals surface area contributed by atoms with Gasteiger partial charge in [-0.25, -0.2) is 18.2 Å². The van der Waals surface area contributed by atoms with Gasteiger partial charge in [-0.15, -0.1) is 0 Å². The van der Waals surface area contributed by atoms with Crippen molar-refractivity contribution in [3.05, 3.63) is 6.33 Å². The van der Waals surface area contributed by atoms with Gasteiger partial charge in [-0.05, 0) is 13.3 Å². The summed E-state index contributed by atoms with van der Waals surface area (Å²) in [6.45, 7) is 3.21. The molecule has 1 unspecified atom stereocenters. The molecule has 1 amide bonds. The minimum absolute atomic E-state index is 0.00702. The highest BCUT2D eigenvalue weighted by Crippen LogP contribution is 1.97. The highest BCUT2D eigenvalue weighted by Gasteiger charge is 2.20. The first-order chi connectivity index (χ1) is 7.94. The Kier molecular flexibility index (Phi) is 4.58. The molecule has 3 N–H and O–H groups in total. The average Bonchev–Trinajstić information content (AvgIpc) is 2.69. The van der Waals surface area contributed by atoms with Crippen molar-refractivity contribution in [3.63, 3.8) is 0 Å². The van der Waals surface area contributed by atoms with Crippen molar-refractivity contribution in [2.75, 3.05) is 11.1 Å². The maximum absolute atomic E-state index is 11.6. The number of aromatic amines is 1. The van der Waals surface area contributed by atoms with Crippen molar-refractivity contribution in [2.24, 2.45) is 0 Å². The number of nitrogens with one attached hydrogen (secondary N) is 3. The van der Waals surface area contributed by atoms with Crippen LogP contribution in [0.25, 0.3) is 0 Å². The monoisotopic (exact) mass is 261 g/mol. The van der Waals surface area contributed by atoms with Gasteiger partial charge in [0.15, 0.2) is 0 Å². The zero-order chi connectivity index (χ0) is 12.9. The molecule has 0 bridgehead atoms. The molecule has 1 atom stereocenters. The Morgan fingerprint density at radius 3 is 2.82 bits per heavy atom. The van der Waals surface area contributed by atoms with E-state index in [9.17, 15) is 13.2 Å². The van der Waals surface area contributed by atoms with Gasteiger partial charge in [0, 0.05) is 0 Å². The first-order valence-electron chi connectivity index (χ1n) is 5.11. The smallest absolute Gasteiger partial charge is 0.244 e. The van der Waals surface area contributed by atoms with Crippen LogP contribution in [0.3, 0.4) is 0 Å². The molecule has 9 heteroatoms. The van der Waals surface area contributed by atoms with Crippen LogP contribution in [0, 0.1) is 0 Å². The summed E-state index contributed by atoms with van der Waals surface area (Å²) in [4.78, 5) is 15.3. The quantitative estimate of drug-likeness (QED) is 0.636. The Morgan fingerprint density at radius 2 is 2.29 bits per heavy atom. The number of aromatic nitrogens is 3. The fourth-order valence-electron chi connectivity index (χ4n) is 1.14. The minimum Gasteiger partial charge on any atom is -0.294 e. The second-order valence-corrected chi connectivity index (χ2v) is 5.36. The zero-order valence-electron chi connectivity index (χ0n) is 9.60. The maximum Gasteiger partial charge on any atom is 0.244 e. The van der Waals surface area contributed by atoms with E-state index >= 15 is 0 Å². The number of amides is 1. The molecule has 0 saturated carbocycles. The van der Waals surface area contributed by atoms with Gasteiger partial charge in [0.05, 0.1) is 11.8 Å². The van der Waals surface area contributed by atoms with E-state index in [-0.39, 0.29) is 11.7 Å². The lowest BCUT2D eigenvalue weighted by molar-refractivity contribution is -0.117. The van der Waals surface area contributed by atoms with Crippen molar-refractivity contribution >= 4 is 21.9 Å². The van der Waals surface area contributed by atoms with E-state index < -0.39 is 22.0 Å². The predicted octanol–water partition coefficient (Wildman–Crippen LogP) is -0.539. The van der Waals surface area contributed by atoms with Crippen LogP contribution in [0.2, 0.25) is 0 Å². The van der Waals surface area contributed by atoms with Crippen molar-refractivity contribution in [2.45, 2.75) is 26.3 Å². The van der Waals surface area contributed by atoms with Gasteiger partial charge in [0.2, 0.25) is 21.9 Å². The van der Waals surface area contributed by atoms with Crippen LogP contribution in [0.4, 0.5) is 5.95 Å². The van der Waals surface area contributed by atoms with Crippen LogP contribution in [-0.2, 0) is 14.8 Å². The first-order valence-corrected chi connectivity index (χ1v) is 6.76. The topological polar surface area (TPSA) is 117 Å². The Bertz CT molecular complexity index is 456. The molecule has 1 heterocycles. The number of H-pyrrole nitrogens is 1. The first kappa shape index (κ1) is 13.6. The number of nitrogens with zero attached hydrogens (tertiary/aromatic N) is 2. The van der Waals surface area contributed by atoms with E-state index in [0.29, 0.717) is 6.42 Å². The molecule has 0 radical (unpaired) electrons. The van der Waals surface area contributed by atoms with Crippen LogP contribution in [0.5, 0.6) is 0 Å². The molecule has 0 aliphatic carbocycles. The van der Waals surface area contributed by atoms with Crippen LogP contribution in [0.15, 0.2) is 6.33 Å². The second kappa shape index (κ2) is 5.73. The van der Waals surface area contributed by atoms with Gasteiger partial charge in [-0.1, -0.05) is 6.92 Å². The van der Waals surface area contributed by atoms with Crippen molar-refractivity contribution in [1.29, 1.82) is 0 Å². The number of carbonyl (C=O) groups excluding carboxylic acids is 1. The molecule has 1 aromatic rings. The Balaban J connectivity index is 2.53. The van der Waals surface area contributed by atoms with Crippen molar-refractivity contribution in [1.82, 2.24) is 19.9 Å². The van der Waals surface area contributed by atoms with Gasteiger partial charge in [-0.3, -0.25) is 10.1 Å². The van der Waals surface area contributed by atoms with E-state index in [1.54, 1.807) is 6.92 Å². The van der Waals surface area contributed by atoms with Gasteiger partial charge in [0.1, 0.15) is 6.33 Å². The Hall–Kier alpha value is -1.48. The van der Waals surface area contributed by atoms with Gasteiger partial charge in [-0.2, -0.15) is 10.1 Å². The fourth-order valence-corrected chi connectivity index (χ4v) is 2.44. The molecular weight excluding hydrogens is 246 g/mol. The highest BCUT2D eigenvalue weighted by atomic mass is 32.2. The molecule has 0 saturated heterocycles. The summed E-state index contributed by atoms with van der Waals surface area (Å²) >= 11 is 0. The fraction of sp³-hybridized carbons (Fsp3) is 0.625. The van der Waals surface area contributed by atoms with Gasteiger partial charge >= 0.3 is 0 Å². The molecule has 17 heavy (non-hydrogen) atoms. The van der Waals surface area contributed by atoms with Crippen molar-refractivity contribution in [3.8, 4) is 0 Å². The molecule has 1 rings (SSSR count). The van der Waals surface area contributed by atoms with E-state index in [4.69, 9.17) is 0 Å². The highest BCUT2D eigenvalue weighted by molar-refractivity contribution is 7.89. The standard InChI is InChI=1S/C8H15N5O3S/c1-3-4-17(15,16)13-6(2)7(14)11-8-9-5-10-12-8/h5-6,13H,3-4H2,1-2H3,(H2,9,10,11,12,14). The molecule has 1 aromatic heterocycles. The van der Waals surface area contributed by atoms with Crippen LogP contribution in [0.1, 0.15) is 20.3 Å². The summed E-state index contributed by atoms with van der Waals surface area (Å²) in [6, 6.07) is -0.864. The third kappa shape index (κ3) is 4.49. The predicted molar refractivity (Wildman–Crippen MR) is 61.7 cm³/mol. The Morgan fingerprint density at radius 1 is 1.59 bits per heavy atom. The summed E-state index contributed by atoms with van der Waals surface area (Å²) in [5, 5.41) is 8.38. The molecule has 0 aliphatic heterocycles. The minimum atomic E-state index is -3.41. The molecule has 0 aliphatic rings. The van der Waals surface area contributed by atoms with Crippen LogP contribution >= 0.6 is 0 Å². The number of rotatable bonds is 6. The van der Waals surface area contributed by atoms with Crippen LogP contribution in [-0.4, -0.2) is 41.3 Å². The third-order valence-corrected chi connectivity index (χ3v) is 3.54. The zero-order valence-corrected chi connectivity index (χ0v) is 10.4. The van der Waals surface area contributed by atoms with Gasteiger partial charge < -0.3 is 0 Å². The normalized spacial score (nSPS) is 13.3. The largest absolute Gasteiger partial charge is 0.294 e. The lowest BCUT2D eigenvalue weighted by Gasteiger charge is -2.12. The van der Waals surface area contributed by atoms with E-state index in [0.717, 1.165) is 0 Å². The number of carbonyl (C=O) groups is 1. The second-order valence-electron chi connectivity index (χ2n) is 3.48. The molecular formula is C8H15N5O3S. The average molecular weight is 261 g/mol. The Labute approximate surface area is 99.3 Å². The van der Waals surface area contributed by atoms with E-state index in [2.05, 4.69) is 25.2 Å². The summed E-state index contributed by atoms with van der Waals surface area (Å²) < 4.78 is 25.1. The van der Waals surface area contributed by atoms with Gasteiger partial charge in [0.25, 0.3) is 0 Å². The molecule has 8 nitrogen and oxygen atoms in total. The summed E-state index contributed by atoms with van der Waals surface area (Å²) in [7, 11) is -3.41. The summed E-state index contributed by atoms with van der Waals surface area (Å²) in [5.41, 5.74) is 0. The molecule has 0 fully saturated rings. The van der Waals surface area contributed by atoms with E-state index in [1.165, 1.54) is 13.3 Å². The number of hydrogen-bond donors (Lipinski definition) is 3. The number of anilines is 1. The molecule has 96 valence electrons. The number of sulfonamides is 1. The van der Waals surface area contributed by atoms with E-state index in [1.807, 2.05) is 0 Å².